The van der Waals surface area contributed by atoms with Crippen molar-refractivity contribution in [1.29, 1.82) is 0 Å². The Labute approximate surface area is 181 Å². The van der Waals surface area contributed by atoms with Gasteiger partial charge in [-0.3, -0.25) is 20.4 Å². The number of hydrazine groups is 1. The van der Waals surface area contributed by atoms with Gasteiger partial charge in [-0.25, -0.2) is 13.1 Å². The van der Waals surface area contributed by atoms with E-state index in [4.69, 9.17) is 16.3 Å². The summed E-state index contributed by atoms with van der Waals surface area (Å²) in [6.07, 6.45) is -0.151. The Kier molecular flexibility index (Phi) is 8.22. The normalized spacial score (nSPS) is 11.1. The summed E-state index contributed by atoms with van der Waals surface area (Å²) in [4.78, 5) is 23.7. The summed E-state index contributed by atoms with van der Waals surface area (Å²) in [5.74, 6) is -0.640. The monoisotopic (exact) mass is 453 g/mol. The van der Waals surface area contributed by atoms with Gasteiger partial charge in [-0.2, -0.15) is 0 Å². The fourth-order valence-electron chi connectivity index (χ4n) is 2.36. The van der Waals surface area contributed by atoms with E-state index in [2.05, 4.69) is 15.6 Å². The number of sulfonamides is 1. The summed E-state index contributed by atoms with van der Waals surface area (Å²) in [7, 11) is -3.72. The molecule has 0 atom stereocenters. The van der Waals surface area contributed by atoms with Gasteiger partial charge in [0.25, 0.3) is 5.91 Å². The highest BCUT2D eigenvalue weighted by Gasteiger charge is 2.15. The van der Waals surface area contributed by atoms with Crippen LogP contribution in [0.15, 0.2) is 41.3 Å². The van der Waals surface area contributed by atoms with Gasteiger partial charge in [0.15, 0.2) is 6.61 Å². The molecule has 162 valence electrons. The number of halogens is 1. The molecule has 0 aliphatic carbocycles. The average Bonchev–Trinajstić information content (AvgIpc) is 2.69. The van der Waals surface area contributed by atoms with Crippen LogP contribution < -0.4 is 20.3 Å². The van der Waals surface area contributed by atoms with Crippen molar-refractivity contribution in [2.75, 3.05) is 13.2 Å². The Morgan fingerprint density at radius 1 is 0.933 bits per heavy atom. The molecule has 0 spiro atoms. The van der Waals surface area contributed by atoms with Crippen molar-refractivity contribution >= 4 is 33.4 Å². The zero-order valence-electron chi connectivity index (χ0n) is 16.9. The quantitative estimate of drug-likeness (QED) is 0.530. The third-order valence-electron chi connectivity index (χ3n) is 4.27. The Hall–Kier alpha value is -2.62. The van der Waals surface area contributed by atoms with Gasteiger partial charge >= 0.3 is 0 Å². The number of benzene rings is 2. The maximum Gasteiger partial charge on any atom is 0.276 e. The molecule has 2 aromatic carbocycles. The number of carbonyl (C=O) groups excluding carboxylic acids is 2. The second-order valence-electron chi connectivity index (χ2n) is 6.69. The first-order chi connectivity index (χ1) is 14.1. The lowest BCUT2D eigenvalue weighted by molar-refractivity contribution is -0.129. The van der Waals surface area contributed by atoms with Crippen molar-refractivity contribution in [3.8, 4) is 5.75 Å². The number of hydrogen-bond donors (Lipinski definition) is 3. The number of nitrogens with one attached hydrogen (secondary N) is 3. The minimum Gasteiger partial charge on any atom is -0.484 e. The highest BCUT2D eigenvalue weighted by molar-refractivity contribution is 7.89. The molecule has 30 heavy (non-hydrogen) atoms. The lowest BCUT2D eigenvalue weighted by atomic mass is 10.1. The molecule has 0 unspecified atom stereocenters. The lowest BCUT2D eigenvalue weighted by Crippen LogP contribution is -2.44. The highest BCUT2D eigenvalue weighted by atomic mass is 35.5. The first-order valence-corrected chi connectivity index (χ1v) is 11.0. The van der Waals surface area contributed by atoms with Crippen LogP contribution in [0.4, 0.5) is 0 Å². The van der Waals surface area contributed by atoms with Gasteiger partial charge in [0.1, 0.15) is 5.75 Å². The molecule has 0 bridgehead atoms. The second kappa shape index (κ2) is 10.4. The van der Waals surface area contributed by atoms with Crippen molar-refractivity contribution in [3.05, 3.63) is 58.1 Å². The largest absolute Gasteiger partial charge is 0.484 e. The first kappa shape index (κ1) is 23.7. The number of amides is 2. The van der Waals surface area contributed by atoms with Gasteiger partial charge in [0.2, 0.25) is 15.9 Å². The summed E-state index contributed by atoms with van der Waals surface area (Å²) < 4.78 is 32.2. The predicted octanol–water partition coefficient (Wildman–Crippen LogP) is 2.16. The molecular weight excluding hydrogens is 430 g/mol. The molecule has 10 heteroatoms. The van der Waals surface area contributed by atoms with E-state index >= 15 is 0 Å². The van der Waals surface area contributed by atoms with Crippen molar-refractivity contribution in [1.82, 2.24) is 15.6 Å². The maximum absolute atomic E-state index is 12.3. The lowest BCUT2D eigenvalue weighted by Gasteiger charge is -2.10. The highest BCUT2D eigenvalue weighted by Crippen LogP contribution is 2.20. The van der Waals surface area contributed by atoms with E-state index in [9.17, 15) is 18.0 Å². The molecule has 2 amide bonds. The Bertz CT molecular complexity index is 1040. The number of carbonyl (C=O) groups is 2. The van der Waals surface area contributed by atoms with Gasteiger partial charge < -0.3 is 4.74 Å². The molecular formula is C20H24ClN3O5S. The first-order valence-electron chi connectivity index (χ1n) is 9.12. The van der Waals surface area contributed by atoms with Crippen molar-refractivity contribution in [3.63, 3.8) is 0 Å². The zero-order valence-corrected chi connectivity index (χ0v) is 18.5. The SMILES string of the molecule is Cc1ccc(S(=O)(=O)NCCC(=O)NNC(=O)COc2ccc(Cl)c(C)c2)cc1C. The minimum atomic E-state index is -3.72. The van der Waals surface area contributed by atoms with Crippen LogP contribution in [0.2, 0.25) is 5.02 Å². The fourth-order valence-corrected chi connectivity index (χ4v) is 3.59. The van der Waals surface area contributed by atoms with Crippen molar-refractivity contribution < 1.29 is 22.7 Å². The molecule has 0 aliphatic rings. The molecule has 0 saturated carbocycles. The number of hydrogen-bond acceptors (Lipinski definition) is 5. The van der Waals surface area contributed by atoms with Gasteiger partial charge in [-0.15, -0.1) is 0 Å². The number of rotatable bonds is 8. The molecule has 0 aliphatic heterocycles. The Balaban J connectivity index is 1.71. The molecule has 0 saturated heterocycles. The second-order valence-corrected chi connectivity index (χ2v) is 8.86. The Morgan fingerprint density at radius 2 is 1.63 bits per heavy atom. The van der Waals surface area contributed by atoms with Crippen LogP contribution in [-0.4, -0.2) is 33.4 Å². The van der Waals surface area contributed by atoms with Crippen LogP contribution in [0.25, 0.3) is 0 Å². The van der Waals surface area contributed by atoms with E-state index in [1.165, 1.54) is 6.07 Å². The average molecular weight is 454 g/mol. The van der Waals surface area contributed by atoms with Crippen LogP contribution in [0.1, 0.15) is 23.1 Å². The third-order valence-corrected chi connectivity index (χ3v) is 6.16. The van der Waals surface area contributed by atoms with Crippen LogP contribution in [0.3, 0.4) is 0 Å². The molecule has 0 radical (unpaired) electrons. The fraction of sp³-hybridized carbons (Fsp3) is 0.300. The van der Waals surface area contributed by atoms with Gasteiger partial charge in [0, 0.05) is 18.0 Å². The summed E-state index contributed by atoms with van der Waals surface area (Å²) in [5.41, 5.74) is 7.06. The predicted molar refractivity (Wildman–Crippen MR) is 114 cm³/mol. The maximum atomic E-state index is 12.3. The number of aryl methyl sites for hydroxylation is 3. The van der Waals surface area contributed by atoms with E-state index in [-0.39, 0.29) is 24.5 Å². The van der Waals surface area contributed by atoms with Crippen LogP contribution in [0, 0.1) is 20.8 Å². The molecule has 0 fully saturated rings. The molecule has 2 aromatic rings. The smallest absolute Gasteiger partial charge is 0.276 e. The van der Waals surface area contributed by atoms with Gasteiger partial charge in [0.05, 0.1) is 4.90 Å². The van der Waals surface area contributed by atoms with E-state index < -0.39 is 21.8 Å². The van der Waals surface area contributed by atoms with Crippen LogP contribution in [0.5, 0.6) is 5.75 Å². The van der Waals surface area contributed by atoms with E-state index in [0.717, 1.165) is 16.7 Å². The van der Waals surface area contributed by atoms with Gasteiger partial charge in [-0.05, 0) is 67.8 Å². The van der Waals surface area contributed by atoms with E-state index in [1.807, 2.05) is 20.8 Å². The van der Waals surface area contributed by atoms with E-state index in [0.29, 0.717) is 10.8 Å². The minimum absolute atomic E-state index is 0.114. The Morgan fingerprint density at radius 3 is 2.30 bits per heavy atom. The molecule has 2 rings (SSSR count). The summed E-state index contributed by atoms with van der Waals surface area (Å²) in [5, 5.41) is 0.590. The van der Waals surface area contributed by atoms with Crippen molar-refractivity contribution in [2.24, 2.45) is 0 Å². The number of ether oxygens (including phenoxy) is 1. The van der Waals surface area contributed by atoms with Crippen LogP contribution in [-0.2, 0) is 19.6 Å². The molecule has 8 nitrogen and oxygen atoms in total. The summed E-state index contributed by atoms with van der Waals surface area (Å²) >= 11 is 5.92. The third kappa shape index (κ3) is 7.01. The van der Waals surface area contributed by atoms with Crippen LogP contribution >= 0.6 is 11.6 Å². The molecule has 3 N–H and O–H groups in total. The summed E-state index contributed by atoms with van der Waals surface area (Å²) in [6.45, 7) is 5.10. The zero-order chi connectivity index (χ0) is 22.3. The topological polar surface area (TPSA) is 114 Å². The molecule has 0 aromatic heterocycles. The molecule has 0 heterocycles. The van der Waals surface area contributed by atoms with Crippen molar-refractivity contribution in [2.45, 2.75) is 32.1 Å². The standard InChI is InChI=1S/C20H24ClN3O5S/c1-13-4-6-17(11-14(13)2)30(27,28)22-9-8-19(25)23-24-20(26)12-29-16-5-7-18(21)15(3)10-16/h4-7,10-11,22H,8-9,12H2,1-3H3,(H,23,25)(H,24,26). The van der Waals surface area contributed by atoms with E-state index in [1.54, 1.807) is 30.3 Å². The van der Waals surface area contributed by atoms with Gasteiger partial charge in [-0.1, -0.05) is 17.7 Å². The summed E-state index contributed by atoms with van der Waals surface area (Å²) in [6, 6.07) is 9.77.